The molecule has 0 saturated heterocycles. The molecule has 1 N–H and O–H groups in total. The lowest BCUT2D eigenvalue weighted by Crippen LogP contribution is -2.04. The number of para-hydroxylation sites is 1. The summed E-state index contributed by atoms with van der Waals surface area (Å²) in [7, 11) is 0. The van der Waals surface area contributed by atoms with Gasteiger partial charge in [-0.3, -0.25) is 0 Å². The third kappa shape index (κ3) is 3.72. The van der Waals surface area contributed by atoms with Crippen LogP contribution in [0.15, 0.2) is 46.9 Å². The fourth-order valence-corrected chi connectivity index (χ4v) is 2.11. The van der Waals surface area contributed by atoms with Gasteiger partial charge in [-0.1, -0.05) is 18.2 Å². The largest absolute Gasteiger partial charge is 0.478 e. The molecule has 102 valence electrons. The average molecular weight is 335 g/mol. The molecular weight excluding hydrogens is 323 g/mol. The molecule has 0 spiro atoms. The van der Waals surface area contributed by atoms with Gasteiger partial charge in [0.2, 0.25) is 0 Å². The predicted octanol–water partition coefficient (Wildman–Crippen LogP) is 4.10. The van der Waals surface area contributed by atoms with E-state index in [2.05, 4.69) is 21.2 Å². The third-order valence-electron chi connectivity index (χ3n) is 2.66. The second-order valence-corrected chi connectivity index (χ2v) is 4.89. The molecule has 2 aromatic carbocycles. The van der Waals surface area contributed by atoms with Gasteiger partial charge >= 0.3 is 0 Å². The van der Waals surface area contributed by atoms with Crippen molar-refractivity contribution < 1.29 is 9.13 Å². The van der Waals surface area contributed by atoms with E-state index in [4.69, 9.17) is 10.00 Å². The van der Waals surface area contributed by atoms with Crippen LogP contribution in [0.1, 0.15) is 5.56 Å². The van der Waals surface area contributed by atoms with Crippen molar-refractivity contribution in [1.82, 2.24) is 0 Å². The first kappa shape index (κ1) is 14.4. The number of rotatable bonds is 5. The maximum absolute atomic E-state index is 13.2. The maximum atomic E-state index is 13.2. The van der Waals surface area contributed by atoms with Crippen molar-refractivity contribution >= 4 is 21.6 Å². The summed E-state index contributed by atoms with van der Waals surface area (Å²) in [4.78, 5) is 0. The van der Waals surface area contributed by atoms with Crippen LogP contribution in [-0.2, 0) is 6.54 Å². The molecule has 0 amide bonds. The van der Waals surface area contributed by atoms with Gasteiger partial charge < -0.3 is 10.1 Å². The van der Waals surface area contributed by atoms with E-state index in [0.717, 1.165) is 10.0 Å². The first-order chi connectivity index (χ1) is 9.70. The molecule has 0 aliphatic heterocycles. The first-order valence-corrected chi connectivity index (χ1v) is 6.76. The molecule has 2 aromatic rings. The topological polar surface area (TPSA) is 45.0 Å². The summed E-state index contributed by atoms with van der Waals surface area (Å²) in [6.07, 6.45) is 0. The van der Waals surface area contributed by atoms with Crippen LogP contribution in [0, 0.1) is 17.1 Å². The van der Waals surface area contributed by atoms with Gasteiger partial charge in [-0.25, -0.2) is 4.39 Å². The Hall–Kier alpha value is -2.06. The van der Waals surface area contributed by atoms with Crippen LogP contribution in [0.25, 0.3) is 0 Å². The minimum absolute atomic E-state index is 0.000668. The lowest BCUT2D eigenvalue weighted by atomic mass is 10.2. The first-order valence-electron chi connectivity index (χ1n) is 5.97. The van der Waals surface area contributed by atoms with E-state index in [1.807, 2.05) is 24.3 Å². The second kappa shape index (κ2) is 6.92. The average Bonchev–Trinajstić information content (AvgIpc) is 2.47. The molecule has 2 rings (SSSR count). The molecule has 0 aromatic heterocycles. The van der Waals surface area contributed by atoms with Crippen molar-refractivity contribution in [2.45, 2.75) is 6.54 Å². The minimum atomic E-state index is -0.301. The highest BCUT2D eigenvalue weighted by atomic mass is 79.9. The van der Waals surface area contributed by atoms with Gasteiger partial charge in [-0.2, -0.15) is 5.26 Å². The Morgan fingerprint density at radius 1 is 1.25 bits per heavy atom. The Bertz CT molecular complexity index is 640. The number of nitriles is 1. The van der Waals surface area contributed by atoms with Gasteiger partial charge in [0.05, 0.1) is 5.69 Å². The number of halogens is 2. The predicted molar refractivity (Wildman–Crippen MR) is 79.0 cm³/mol. The second-order valence-electron chi connectivity index (χ2n) is 4.03. The van der Waals surface area contributed by atoms with E-state index < -0.39 is 0 Å². The van der Waals surface area contributed by atoms with Crippen LogP contribution >= 0.6 is 15.9 Å². The Kier molecular flexibility index (Phi) is 4.97. The van der Waals surface area contributed by atoms with E-state index >= 15 is 0 Å². The molecule has 0 heterocycles. The fourth-order valence-electron chi connectivity index (χ4n) is 1.72. The maximum Gasteiger partial charge on any atom is 0.174 e. The summed E-state index contributed by atoms with van der Waals surface area (Å²) in [5.41, 5.74) is 1.57. The standard InChI is InChI=1S/C15H12BrFN2O/c16-13-6-5-12(17)9-14(13)19-10-11-3-1-2-4-15(11)20-8-7-18/h1-6,9,19H,8,10H2. The molecule has 0 saturated carbocycles. The number of anilines is 1. The number of hydrogen-bond donors (Lipinski definition) is 1. The Labute approximate surface area is 125 Å². The number of benzene rings is 2. The highest BCUT2D eigenvalue weighted by Gasteiger charge is 2.05. The van der Waals surface area contributed by atoms with Gasteiger partial charge in [0.25, 0.3) is 0 Å². The van der Waals surface area contributed by atoms with Gasteiger partial charge in [-0.05, 0) is 40.2 Å². The fraction of sp³-hybridized carbons (Fsp3) is 0.133. The van der Waals surface area contributed by atoms with Crippen molar-refractivity contribution in [2.75, 3.05) is 11.9 Å². The van der Waals surface area contributed by atoms with Crippen molar-refractivity contribution in [3.63, 3.8) is 0 Å². The number of nitrogens with one attached hydrogen (secondary N) is 1. The van der Waals surface area contributed by atoms with Crippen molar-refractivity contribution in [3.8, 4) is 11.8 Å². The number of hydrogen-bond acceptors (Lipinski definition) is 3. The van der Waals surface area contributed by atoms with Gasteiger partial charge in [-0.15, -0.1) is 0 Å². The van der Waals surface area contributed by atoms with Crippen LogP contribution in [0.4, 0.5) is 10.1 Å². The van der Waals surface area contributed by atoms with Crippen molar-refractivity contribution in [3.05, 3.63) is 58.3 Å². The molecule has 0 radical (unpaired) electrons. The molecule has 0 unspecified atom stereocenters. The molecule has 0 fully saturated rings. The van der Waals surface area contributed by atoms with E-state index in [9.17, 15) is 4.39 Å². The summed E-state index contributed by atoms with van der Waals surface area (Å²) in [5.74, 6) is 0.346. The van der Waals surface area contributed by atoms with E-state index in [0.29, 0.717) is 18.0 Å². The monoisotopic (exact) mass is 334 g/mol. The molecular formula is C15H12BrFN2O. The molecule has 3 nitrogen and oxygen atoms in total. The van der Waals surface area contributed by atoms with E-state index in [1.165, 1.54) is 12.1 Å². The van der Waals surface area contributed by atoms with Gasteiger partial charge in [0.15, 0.2) is 6.61 Å². The molecule has 0 aliphatic carbocycles. The normalized spacial score (nSPS) is 9.85. The van der Waals surface area contributed by atoms with Crippen molar-refractivity contribution in [2.24, 2.45) is 0 Å². The zero-order valence-electron chi connectivity index (χ0n) is 10.6. The van der Waals surface area contributed by atoms with Crippen molar-refractivity contribution in [1.29, 1.82) is 5.26 Å². The minimum Gasteiger partial charge on any atom is -0.478 e. The number of nitrogens with zero attached hydrogens (tertiary/aromatic N) is 1. The van der Waals surface area contributed by atoms with E-state index in [-0.39, 0.29) is 12.4 Å². The zero-order valence-corrected chi connectivity index (χ0v) is 12.2. The van der Waals surface area contributed by atoms with Gasteiger partial charge in [0, 0.05) is 16.6 Å². The highest BCUT2D eigenvalue weighted by molar-refractivity contribution is 9.10. The molecule has 20 heavy (non-hydrogen) atoms. The summed E-state index contributed by atoms with van der Waals surface area (Å²) in [6.45, 7) is 0.477. The van der Waals surface area contributed by atoms with Crippen LogP contribution in [0.2, 0.25) is 0 Å². The quantitative estimate of drug-likeness (QED) is 0.895. The Morgan fingerprint density at radius 2 is 2.05 bits per heavy atom. The summed E-state index contributed by atoms with van der Waals surface area (Å²) in [6, 6.07) is 13.8. The molecule has 0 atom stereocenters. The smallest absolute Gasteiger partial charge is 0.174 e. The highest BCUT2D eigenvalue weighted by Crippen LogP contribution is 2.25. The van der Waals surface area contributed by atoms with Gasteiger partial charge in [0.1, 0.15) is 17.6 Å². The summed E-state index contributed by atoms with van der Waals surface area (Å²) >= 11 is 3.36. The zero-order chi connectivity index (χ0) is 14.4. The summed E-state index contributed by atoms with van der Waals surface area (Å²) < 4.78 is 19.3. The summed E-state index contributed by atoms with van der Waals surface area (Å²) in [5, 5.41) is 11.7. The lowest BCUT2D eigenvalue weighted by molar-refractivity contribution is 0.364. The van der Waals surface area contributed by atoms with E-state index in [1.54, 1.807) is 12.1 Å². The van der Waals surface area contributed by atoms with Crippen LogP contribution in [0.5, 0.6) is 5.75 Å². The third-order valence-corrected chi connectivity index (χ3v) is 3.35. The number of ether oxygens (including phenoxy) is 1. The Balaban J connectivity index is 2.11. The molecule has 5 heteroatoms. The SMILES string of the molecule is N#CCOc1ccccc1CNc1cc(F)ccc1Br. The lowest BCUT2D eigenvalue weighted by Gasteiger charge is -2.12. The Morgan fingerprint density at radius 3 is 2.85 bits per heavy atom. The molecule has 0 bridgehead atoms. The van der Waals surface area contributed by atoms with Crippen LogP contribution in [0.3, 0.4) is 0 Å². The van der Waals surface area contributed by atoms with Crippen LogP contribution < -0.4 is 10.1 Å². The van der Waals surface area contributed by atoms with Crippen LogP contribution in [-0.4, -0.2) is 6.61 Å². The molecule has 0 aliphatic rings.